The first-order valence-corrected chi connectivity index (χ1v) is 10.4. The Morgan fingerprint density at radius 2 is 2.04 bits per heavy atom. The van der Waals surface area contributed by atoms with E-state index >= 15 is 0 Å². The van der Waals surface area contributed by atoms with E-state index in [0.29, 0.717) is 18.1 Å². The van der Waals surface area contributed by atoms with Crippen LogP contribution in [0.5, 0.6) is 11.5 Å². The summed E-state index contributed by atoms with van der Waals surface area (Å²) >= 11 is 3.54. The lowest BCUT2D eigenvalue weighted by atomic mass is 9.89. The van der Waals surface area contributed by atoms with E-state index in [1.54, 1.807) is 0 Å². The second kappa shape index (κ2) is 8.16. The van der Waals surface area contributed by atoms with Crippen LogP contribution in [0.3, 0.4) is 0 Å². The minimum atomic E-state index is -0.337. The van der Waals surface area contributed by atoms with Gasteiger partial charge in [-0.25, -0.2) is 0 Å². The van der Waals surface area contributed by atoms with E-state index in [2.05, 4.69) is 41.2 Å². The third-order valence-corrected chi connectivity index (χ3v) is 5.56. The molecule has 0 bridgehead atoms. The molecule has 0 fully saturated rings. The molecule has 0 spiro atoms. The van der Waals surface area contributed by atoms with Gasteiger partial charge >= 0.3 is 0 Å². The predicted molar refractivity (Wildman–Crippen MR) is 115 cm³/mol. The Kier molecular flexibility index (Phi) is 6.04. The number of carbonyl (C=O) groups excluding carboxylic acids is 1. The van der Waals surface area contributed by atoms with Gasteiger partial charge in [-0.05, 0) is 66.4 Å². The number of halogens is 1. The fourth-order valence-electron chi connectivity index (χ4n) is 3.48. The van der Waals surface area contributed by atoms with Crippen LogP contribution in [0.15, 0.2) is 40.9 Å². The fraction of sp³-hybridized carbons (Fsp3) is 0.435. The van der Waals surface area contributed by atoms with Gasteiger partial charge in [-0.3, -0.25) is 4.79 Å². The van der Waals surface area contributed by atoms with Crippen molar-refractivity contribution in [1.29, 1.82) is 0 Å². The average molecular weight is 446 g/mol. The van der Waals surface area contributed by atoms with E-state index in [-0.39, 0.29) is 24.2 Å². The highest BCUT2D eigenvalue weighted by Gasteiger charge is 2.34. The van der Waals surface area contributed by atoms with E-state index in [1.165, 1.54) is 5.56 Å². The molecule has 0 unspecified atom stereocenters. The van der Waals surface area contributed by atoms with Gasteiger partial charge in [0.1, 0.15) is 17.1 Å². The first kappa shape index (κ1) is 20.7. The highest BCUT2D eigenvalue weighted by atomic mass is 79.9. The Bertz CT molecular complexity index is 876. The van der Waals surface area contributed by atoms with Crippen LogP contribution >= 0.6 is 15.9 Å². The maximum absolute atomic E-state index is 12.6. The quantitative estimate of drug-likeness (QED) is 0.643. The number of benzene rings is 2. The third-order valence-electron chi connectivity index (χ3n) is 4.94. The zero-order valence-corrected chi connectivity index (χ0v) is 18.7. The Morgan fingerprint density at radius 3 is 2.71 bits per heavy atom. The molecule has 4 nitrogen and oxygen atoms in total. The molecule has 2 aromatic rings. The highest BCUT2D eigenvalue weighted by Crippen LogP contribution is 2.39. The van der Waals surface area contributed by atoms with Crippen molar-refractivity contribution in [2.24, 2.45) is 0 Å². The van der Waals surface area contributed by atoms with Crippen molar-refractivity contribution in [2.75, 3.05) is 6.61 Å². The van der Waals surface area contributed by atoms with E-state index in [9.17, 15) is 4.79 Å². The average Bonchev–Trinajstić information content (AvgIpc) is 2.60. The number of carbonyl (C=O) groups is 1. The summed E-state index contributed by atoms with van der Waals surface area (Å²) < 4.78 is 12.7. The van der Waals surface area contributed by atoms with Crippen LogP contribution in [0, 0.1) is 6.92 Å². The van der Waals surface area contributed by atoms with Crippen LogP contribution in [0.4, 0.5) is 0 Å². The van der Waals surface area contributed by atoms with E-state index < -0.39 is 0 Å². The Hall–Kier alpha value is -2.01. The summed E-state index contributed by atoms with van der Waals surface area (Å²) in [4.78, 5) is 12.6. The molecule has 150 valence electrons. The molecule has 1 atom stereocenters. The fourth-order valence-corrected chi connectivity index (χ4v) is 3.99. The normalized spacial score (nSPS) is 17.6. The monoisotopic (exact) mass is 445 g/mol. The molecule has 0 radical (unpaired) electrons. The lowest BCUT2D eigenvalue weighted by Crippen LogP contribution is -2.42. The number of aryl methyl sites for hydroxylation is 1. The van der Waals surface area contributed by atoms with Gasteiger partial charge < -0.3 is 14.8 Å². The van der Waals surface area contributed by atoms with Gasteiger partial charge in [0.2, 0.25) is 0 Å². The van der Waals surface area contributed by atoms with Crippen molar-refractivity contribution >= 4 is 21.8 Å². The lowest BCUT2D eigenvalue weighted by molar-refractivity contribution is -0.124. The Balaban J connectivity index is 1.67. The topological polar surface area (TPSA) is 47.6 Å². The number of nitrogens with one attached hydrogen (secondary N) is 1. The molecule has 3 rings (SSSR count). The SMILES string of the molecule is Cc1ccc2c(c1)[C@H](NC(=O)COc1ccc(C(C)C)cc1Br)CC(C)(C)O2. The minimum absolute atomic E-state index is 0.0292. The molecule has 1 heterocycles. The van der Waals surface area contributed by atoms with Crippen molar-refractivity contribution in [3.63, 3.8) is 0 Å². The van der Waals surface area contributed by atoms with Crippen molar-refractivity contribution in [3.8, 4) is 11.5 Å². The van der Waals surface area contributed by atoms with Crippen LogP contribution in [-0.2, 0) is 4.79 Å². The number of rotatable bonds is 5. The number of fused-ring (bicyclic) bond motifs is 1. The van der Waals surface area contributed by atoms with Crippen LogP contribution in [0.25, 0.3) is 0 Å². The van der Waals surface area contributed by atoms with Crippen molar-refractivity contribution in [3.05, 3.63) is 57.6 Å². The molecule has 0 aliphatic carbocycles. The molecular weight excluding hydrogens is 418 g/mol. The van der Waals surface area contributed by atoms with Gasteiger partial charge in [0.15, 0.2) is 6.61 Å². The summed E-state index contributed by atoms with van der Waals surface area (Å²) in [6, 6.07) is 12.0. The molecule has 1 aliphatic rings. The van der Waals surface area contributed by atoms with Crippen LogP contribution < -0.4 is 14.8 Å². The molecular formula is C23H28BrNO3. The molecule has 2 aromatic carbocycles. The highest BCUT2D eigenvalue weighted by molar-refractivity contribution is 9.10. The van der Waals surface area contributed by atoms with E-state index in [1.807, 2.05) is 51.1 Å². The summed E-state index contributed by atoms with van der Waals surface area (Å²) in [5.74, 6) is 1.80. The first-order valence-electron chi connectivity index (χ1n) is 9.66. The van der Waals surface area contributed by atoms with Crippen molar-refractivity contribution in [2.45, 2.75) is 58.6 Å². The van der Waals surface area contributed by atoms with Crippen LogP contribution in [0.2, 0.25) is 0 Å². The molecule has 0 aromatic heterocycles. The largest absolute Gasteiger partial charge is 0.487 e. The summed E-state index contributed by atoms with van der Waals surface area (Å²) in [7, 11) is 0. The zero-order chi connectivity index (χ0) is 20.5. The van der Waals surface area contributed by atoms with Gasteiger partial charge in [-0.1, -0.05) is 37.6 Å². The van der Waals surface area contributed by atoms with Gasteiger partial charge in [0, 0.05) is 12.0 Å². The minimum Gasteiger partial charge on any atom is -0.487 e. The molecule has 1 aliphatic heterocycles. The third kappa shape index (κ3) is 4.88. The van der Waals surface area contributed by atoms with Gasteiger partial charge in [-0.2, -0.15) is 0 Å². The maximum Gasteiger partial charge on any atom is 0.258 e. The number of hydrogen-bond donors (Lipinski definition) is 1. The number of amides is 1. The van der Waals surface area contributed by atoms with Gasteiger partial charge in [0.25, 0.3) is 5.91 Å². The zero-order valence-electron chi connectivity index (χ0n) is 17.1. The standard InChI is InChI=1S/C23H28BrNO3/c1-14(2)16-7-9-21(18(24)11-16)27-13-22(26)25-19-12-23(4,5)28-20-8-6-15(3)10-17(19)20/h6-11,14,19H,12-13H2,1-5H3,(H,25,26)/t19-/m1/s1. The summed E-state index contributed by atoms with van der Waals surface area (Å²) in [6.07, 6.45) is 0.710. The van der Waals surface area contributed by atoms with Gasteiger partial charge in [-0.15, -0.1) is 0 Å². The summed E-state index contributed by atoms with van der Waals surface area (Å²) in [5, 5.41) is 3.12. The van der Waals surface area contributed by atoms with E-state index in [0.717, 1.165) is 21.3 Å². The molecule has 5 heteroatoms. The molecule has 28 heavy (non-hydrogen) atoms. The number of ether oxygens (including phenoxy) is 2. The smallest absolute Gasteiger partial charge is 0.258 e. The Labute approximate surface area is 175 Å². The lowest BCUT2D eigenvalue weighted by Gasteiger charge is -2.38. The summed E-state index contributed by atoms with van der Waals surface area (Å²) in [6.45, 7) is 10.4. The molecule has 0 saturated carbocycles. The second-order valence-corrected chi connectivity index (χ2v) is 9.21. The van der Waals surface area contributed by atoms with Gasteiger partial charge in [0.05, 0.1) is 10.5 Å². The predicted octanol–water partition coefficient (Wildman–Crippen LogP) is 5.68. The molecule has 0 saturated heterocycles. The van der Waals surface area contributed by atoms with Crippen LogP contribution in [0.1, 0.15) is 62.8 Å². The Morgan fingerprint density at radius 1 is 1.29 bits per heavy atom. The van der Waals surface area contributed by atoms with E-state index in [4.69, 9.17) is 9.47 Å². The van der Waals surface area contributed by atoms with Crippen LogP contribution in [-0.4, -0.2) is 18.1 Å². The second-order valence-electron chi connectivity index (χ2n) is 8.36. The van der Waals surface area contributed by atoms with Crippen molar-refractivity contribution in [1.82, 2.24) is 5.32 Å². The number of hydrogen-bond acceptors (Lipinski definition) is 3. The summed E-state index contributed by atoms with van der Waals surface area (Å²) in [5.41, 5.74) is 3.05. The molecule has 1 N–H and O–H groups in total. The maximum atomic E-state index is 12.6. The molecule has 1 amide bonds. The first-order chi connectivity index (χ1) is 13.1. The van der Waals surface area contributed by atoms with Crippen molar-refractivity contribution < 1.29 is 14.3 Å².